The summed E-state index contributed by atoms with van der Waals surface area (Å²) in [4.78, 5) is 37.6. The predicted molar refractivity (Wildman–Crippen MR) is 104 cm³/mol. The number of rotatable bonds is 4. The van der Waals surface area contributed by atoms with Crippen LogP contribution in [0.25, 0.3) is 0 Å². The lowest BCUT2D eigenvalue weighted by atomic mass is 9.95. The third kappa shape index (κ3) is 4.54. The molecular formula is C20H22N2O4S. The highest BCUT2D eigenvalue weighted by atomic mass is 32.1. The summed E-state index contributed by atoms with van der Waals surface area (Å²) < 4.78 is 4.52. The molecule has 0 spiro atoms. The number of ether oxygens (including phenoxy) is 1. The van der Waals surface area contributed by atoms with Crippen LogP contribution in [0, 0.1) is 6.92 Å². The second-order valence-electron chi connectivity index (χ2n) is 6.57. The van der Waals surface area contributed by atoms with E-state index in [-0.39, 0.29) is 12.3 Å². The van der Waals surface area contributed by atoms with Crippen molar-refractivity contribution in [1.29, 1.82) is 0 Å². The summed E-state index contributed by atoms with van der Waals surface area (Å²) in [5, 5.41) is 5.58. The first-order valence-electron chi connectivity index (χ1n) is 8.87. The predicted octanol–water partition coefficient (Wildman–Crippen LogP) is 3.61. The minimum absolute atomic E-state index is 0.190. The van der Waals surface area contributed by atoms with Gasteiger partial charge in [-0.15, -0.1) is 11.3 Å². The molecule has 6 nitrogen and oxygen atoms in total. The maximum absolute atomic E-state index is 12.6. The van der Waals surface area contributed by atoms with Gasteiger partial charge in [-0.25, -0.2) is 4.79 Å². The Balaban J connectivity index is 1.82. The van der Waals surface area contributed by atoms with Gasteiger partial charge in [0, 0.05) is 4.88 Å². The zero-order chi connectivity index (χ0) is 19.4. The molecule has 0 atom stereocenters. The molecule has 7 heteroatoms. The fourth-order valence-corrected chi connectivity index (χ4v) is 4.47. The summed E-state index contributed by atoms with van der Waals surface area (Å²) in [5.74, 6) is -0.726. The van der Waals surface area contributed by atoms with Crippen molar-refractivity contribution < 1.29 is 19.1 Å². The van der Waals surface area contributed by atoms with Crippen LogP contribution < -0.4 is 10.6 Å². The van der Waals surface area contributed by atoms with Crippen molar-refractivity contribution in [1.82, 2.24) is 5.32 Å². The molecule has 0 fully saturated rings. The molecule has 0 bridgehead atoms. The number of benzene rings is 1. The van der Waals surface area contributed by atoms with E-state index in [9.17, 15) is 14.4 Å². The van der Waals surface area contributed by atoms with Gasteiger partial charge in [-0.05, 0) is 43.7 Å². The number of thiophene rings is 1. The maximum atomic E-state index is 12.6. The maximum Gasteiger partial charge on any atom is 0.413 e. The Labute approximate surface area is 161 Å². The summed E-state index contributed by atoms with van der Waals surface area (Å²) in [6, 6.07) is 7.75. The summed E-state index contributed by atoms with van der Waals surface area (Å²) in [6.07, 6.45) is 3.10. The van der Waals surface area contributed by atoms with Crippen molar-refractivity contribution in [2.45, 2.75) is 39.0 Å². The number of fused-ring (bicyclic) bond motifs is 1. The average Bonchev–Trinajstić information content (AvgIpc) is 3.01. The van der Waals surface area contributed by atoms with Crippen molar-refractivity contribution in [2.75, 3.05) is 12.4 Å². The number of methoxy groups -OCH3 is 1. The van der Waals surface area contributed by atoms with Crippen molar-refractivity contribution in [3.05, 3.63) is 51.4 Å². The molecular weight excluding hydrogens is 364 g/mol. The fourth-order valence-electron chi connectivity index (χ4n) is 3.16. The van der Waals surface area contributed by atoms with Gasteiger partial charge in [-0.2, -0.15) is 0 Å². The molecule has 1 aliphatic carbocycles. The molecule has 3 amide bonds. The molecule has 1 heterocycles. The van der Waals surface area contributed by atoms with Gasteiger partial charge in [-0.3, -0.25) is 14.9 Å². The van der Waals surface area contributed by atoms with E-state index < -0.39 is 12.0 Å². The highest BCUT2D eigenvalue weighted by molar-refractivity contribution is 7.17. The molecule has 27 heavy (non-hydrogen) atoms. The number of carbonyl (C=O) groups excluding carboxylic acids is 3. The quantitative estimate of drug-likeness (QED) is 0.841. The highest BCUT2D eigenvalue weighted by Crippen LogP contribution is 2.38. The average molecular weight is 386 g/mol. The third-order valence-corrected chi connectivity index (χ3v) is 5.74. The molecule has 2 N–H and O–H groups in total. The lowest BCUT2D eigenvalue weighted by molar-refractivity contribution is -0.115. The lowest BCUT2D eigenvalue weighted by Crippen LogP contribution is -2.31. The smallest absolute Gasteiger partial charge is 0.413 e. The van der Waals surface area contributed by atoms with Gasteiger partial charge in [0.1, 0.15) is 5.00 Å². The zero-order valence-corrected chi connectivity index (χ0v) is 16.2. The van der Waals surface area contributed by atoms with Gasteiger partial charge in [0.15, 0.2) is 0 Å². The number of hydrogen-bond donors (Lipinski definition) is 2. The van der Waals surface area contributed by atoms with E-state index in [1.807, 2.05) is 31.2 Å². The van der Waals surface area contributed by atoms with Crippen LogP contribution in [-0.2, 0) is 28.8 Å². The van der Waals surface area contributed by atoms with Crippen LogP contribution >= 0.6 is 11.3 Å². The van der Waals surface area contributed by atoms with E-state index in [4.69, 9.17) is 0 Å². The van der Waals surface area contributed by atoms with Gasteiger partial charge in [0.25, 0.3) is 5.91 Å². The first-order valence-corrected chi connectivity index (χ1v) is 9.69. The van der Waals surface area contributed by atoms with Crippen molar-refractivity contribution >= 4 is 34.2 Å². The van der Waals surface area contributed by atoms with Gasteiger partial charge < -0.3 is 10.1 Å². The first kappa shape index (κ1) is 19.1. The van der Waals surface area contributed by atoms with Gasteiger partial charge in [0.2, 0.25) is 5.91 Å². The highest BCUT2D eigenvalue weighted by Gasteiger charge is 2.27. The first-order chi connectivity index (χ1) is 13.0. The van der Waals surface area contributed by atoms with E-state index in [0.29, 0.717) is 10.6 Å². The number of aryl methyl sites for hydroxylation is 2. The molecule has 0 radical (unpaired) electrons. The normalized spacial score (nSPS) is 12.8. The van der Waals surface area contributed by atoms with Crippen LogP contribution in [0.5, 0.6) is 0 Å². The van der Waals surface area contributed by atoms with Crippen LogP contribution in [-0.4, -0.2) is 25.0 Å². The molecule has 1 aliphatic rings. The van der Waals surface area contributed by atoms with E-state index in [0.717, 1.165) is 47.3 Å². The zero-order valence-electron chi connectivity index (χ0n) is 15.4. The second kappa shape index (κ2) is 8.35. The summed E-state index contributed by atoms with van der Waals surface area (Å²) in [7, 11) is 1.20. The summed E-state index contributed by atoms with van der Waals surface area (Å²) in [5.41, 5.74) is 3.35. The monoisotopic (exact) mass is 386 g/mol. The Morgan fingerprint density at radius 1 is 1.11 bits per heavy atom. The second-order valence-corrected chi connectivity index (χ2v) is 7.68. The SMILES string of the molecule is COC(=O)NC(=O)c1c(NC(=O)Cc2ccc(C)cc2)sc2c1CCCC2. The van der Waals surface area contributed by atoms with E-state index in [1.54, 1.807) is 0 Å². The number of nitrogens with one attached hydrogen (secondary N) is 2. The molecule has 0 saturated heterocycles. The molecule has 1 aromatic carbocycles. The lowest BCUT2D eigenvalue weighted by Gasteiger charge is -2.12. The summed E-state index contributed by atoms with van der Waals surface area (Å²) in [6.45, 7) is 1.99. The van der Waals surface area contributed by atoms with Crippen LogP contribution in [0.3, 0.4) is 0 Å². The molecule has 1 aromatic heterocycles. The minimum atomic E-state index is -0.812. The number of carbonyl (C=O) groups is 3. The number of imide groups is 1. The third-order valence-electron chi connectivity index (χ3n) is 4.54. The standard InChI is InChI=1S/C20H22N2O4S/c1-12-7-9-13(10-8-12)11-16(23)21-19-17(18(24)22-20(25)26-2)14-5-3-4-6-15(14)27-19/h7-10H,3-6,11H2,1-2H3,(H,21,23)(H,22,24,25). The molecule has 142 valence electrons. The molecule has 2 aromatic rings. The van der Waals surface area contributed by atoms with Crippen LogP contribution in [0.1, 0.15) is 44.8 Å². The van der Waals surface area contributed by atoms with Crippen LogP contribution in [0.2, 0.25) is 0 Å². The molecule has 0 aliphatic heterocycles. The van der Waals surface area contributed by atoms with Crippen molar-refractivity contribution in [3.63, 3.8) is 0 Å². The Morgan fingerprint density at radius 3 is 2.52 bits per heavy atom. The van der Waals surface area contributed by atoms with E-state index in [1.165, 1.54) is 18.4 Å². The minimum Gasteiger partial charge on any atom is -0.453 e. The van der Waals surface area contributed by atoms with Gasteiger partial charge in [-0.1, -0.05) is 29.8 Å². The number of alkyl carbamates (subject to hydrolysis) is 1. The molecule has 0 saturated carbocycles. The van der Waals surface area contributed by atoms with Crippen molar-refractivity contribution in [2.24, 2.45) is 0 Å². The molecule has 3 rings (SSSR count). The fraction of sp³-hybridized carbons (Fsp3) is 0.350. The Kier molecular flexibility index (Phi) is 5.91. The number of anilines is 1. The topological polar surface area (TPSA) is 84.5 Å². The Hall–Kier alpha value is -2.67. The van der Waals surface area contributed by atoms with Crippen LogP contribution in [0.4, 0.5) is 9.80 Å². The Bertz CT molecular complexity index is 871. The van der Waals surface area contributed by atoms with E-state index >= 15 is 0 Å². The number of amides is 3. The Morgan fingerprint density at radius 2 is 1.81 bits per heavy atom. The summed E-state index contributed by atoms with van der Waals surface area (Å²) >= 11 is 1.42. The van der Waals surface area contributed by atoms with Gasteiger partial charge >= 0.3 is 6.09 Å². The number of hydrogen-bond acceptors (Lipinski definition) is 5. The molecule has 0 unspecified atom stereocenters. The van der Waals surface area contributed by atoms with Crippen molar-refractivity contribution in [3.8, 4) is 0 Å². The largest absolute Gasteiger partial charge is 0.453 e. The van der Waals surface area contributed by atoms with Crippen LogP contribution in [0.15, 0.2) is 24.3 Å². The van der Waals surface area contributed by atoms with Gasteiger partial charge in [0.05, 0.1) is 19.1 Å². The van der Waals surface area contributed by atoms with E-state index in [2.05, 4.69) is 15.4 Å².